The van der Waals surface area contributed by atoms with E-state index in [2.05, 4.69) is 81.1 Å². The van der Waals surface area contributed by atoms with Gasteiger partial charge in [0.25, 0.3) is 0 Å². The van der Waals surface area contributed by atoms with E-state index >= 15 is 0 Å². The van der Waals surface area contributed by atoms with Gasteiger partial charge in [0, 0.05) is 17.6 Å². The Kier molecular flexibility index (Phi) is 23.4. The zero-order valence-electron chi connectivity index (χ0n) is 26.6. The molecule has 0 saturated carbocycles. The van der Waals surface area contributed by atoms with Gasteiger partial charge in [0.1, 0.15) is 11.0 Å². The summed E-state index contributed by atoms with van der Waals surface area (Å²) >= 11 is 5.76. The molecule has 0 radical (unpaired) electrons. The number of aliphatic hydroxyl groups is 1. The Morgan fingerprint density at radius 1 is 0.951 bits per heavy atom. The Morgan fingerprint density at radius 2 is 1.51 bits per heavy atom. The fourth-order valence-electron chi connectivity index (χ4n) is 3.92. The van der Waals surface area contributed by atoms with Gasteiger partial charge >= 0.3 is 0 Å². The van der Waals surface area contributed by atoms with E-state index < -0.39 is 17.1 Å². The van der Waals surface area contributed by atoms with Gasteiger partial charge in [-0.2, -0.15) is 0 Å². The van der Waals surface area contributed by atoms with Crippen molar-refractivity contribution in [3.05, 3.63) is 101 Å². The second-order valence-electron chi connectivity index (χ2n) is 9.91. The molecular formula is C35H55ClN2O2S. The molecule has 4 unspecified atom stereocenters. The minimum absolute atomic E-state index is 0.333. The maximum absolute atomic E-state index is 11.9. The lowest BCUT2D eigenvalue weighted by molar-refractivity contribution is 0.148. The van der Waals surface area contributed by atoms with Crippen LogP contribution in [0.2, 0.25) is 5.02 Å². The van der Waals surface area contributed by atoms with Crippen molar-refractivity contribution >= 4 is 22.6 Å². The van der Waals surface area contributed by atoms with Gasteiger partial charge in [0.05, 0.1) is 11.0 Å². The number of hydrogen-bond acceptors (Lipinski definition) is 3. The smallest absolute Gasteiger partial charge is 0.124 e. The molecule has 0 fully saturated rings. The first-order chi connectivity index (χ1) is 19.7. The second-order valence-corrected chi connectivity index (χ2v) is 11.6. The fraction of sp³-hybridized carbons (Fsp3) is 0.486. The molecule has 4 nitrogen and oxygen atoms in total. The molecule has 0 saturated heterocycles. The van der Waals surface area contributed by atoms with Crippen LogP contribution < -0.4 is 10.0 Å². The third-order valence-corrected chi connectivity index (χ3v) is 7.65. The Bertz CT molecular complexity index is 1050. The molecule has 4 rings (SSSR count). The quantitative estimate of drug-likeness (QED) is 0.241. The second kappa shape index (κ2) is 24.6. The molecule has 3 N–H and O–H groups in total. The van der Waals surface area contributed by atoms with Crippen LogP contribution in [-0.2, 0) is 17.4 Å². The predicted molar refractivity (Wildman–Crippen MR) is 181 cm³/mol. The molecule has 1 aliphatic rings. The highest BCUT2D eigenvalue weighted by Gasteiger charge is 2.19. The lowest BCUT2D eigenvalue weighted by Gasteiger charge is -2.15. The standard InChI is InChI=1S/C13H20ClNO2S.C10H13N.C7H8.C3H8.C2H6/c1-3-10(2)8-12(16)9-15-18(17)13-6-4-11(14)5-7-13;1-11-10-7-6-8-4-2-3-5-9(8)10;1-7-5-3-2-4-6-7;1-3-2;1-2/h4-7,10,12,15-16H,3,8-9H2,1-2H3;2-5,10-11H,6-7H2,1H3;2-6H,1H3;3H2,1-2H3;1-2H3. The molecule has 41 heavy (non-hydrogen) atoms. The summed E-state index contributed by atoms with van der Waals surface area (Å²) in [5.41, 5.74) is 4.34. The van der Waals surface area contributed by atoms with Crippen LogP contribution in [0.1, 0.15) is 90.0 Å². The van der Waals surface area contributed by atoms with Crippen LogP contribution in [-0.4, -0.2) is 29.0 Å². The van der Waals surface area contributed by atoms with Crippen molar-refractivity contribution in [2.45, 2.75) is 97.6 Å². The summed E-state index contributed by atoms with van der Waals surface area (Å²) in [7, 11) is 0.737. The van der Waals surface area contributed by atoms with E-state index in [9.17, 15) is 9.32 Å². The summed E-state index contributed by atoms with van der Waals surface area (Å²) < 4.78 is 14.7. The van der Waals surface area contributed by atoms with E-state index in [-0.39, 0.29) is 0 Å². The minimum Gasteiger partial charge on any atom is -0.392 e. The molecule has 0 amide bonds. The van der Waals surface area contributed by atoms with Gasteiger partial charge in [-0.05, 0) is 74.5 Å². The van der Waals surface area contributed by atoms with E-state index in [1.807, 2.05) is 39.1 Å². The van der Waals surface area contributed by atoms with Gasteiger partial charge in [-0.15, -0.1) is 0 Å². The number of nitrogens with one attached hydrogen (secondary N) is 2. The van der Waals surface area contributed by atoms with Gasteiger partial charge in [0.15, 0.2) is 0 Å². The summed E-state index contributed by atoms with van der Waals surface area (Å²) in [6.45, 7) is 14.9. The largest absolute Gasteiger partial charge is 0.392 e. The average molecular weight is 603 g/mol. The predicted octanol–water partition coefficient (Wildman–Crippen LogP) is 9.08. The van der Waals surface area contributed by atoms with Crippen LogP contribution in [0.25, 0.3) is 0 Å². The van der Waals surface area contributed by atoms with Crippen molar-refractivity contribution in [2.24, 2.45) is 5.92 Å². The zero-order valence-corrected chi connectivity index (χ0v) is 28.2. The zero-order chi connectivity index (χ0) is 31.0. The number of fused-ring (bicyclic) bond motifs is 1. The van der Waals surface area contributed by atoms with Crippen molar-refractivity contribution in [1.29, 1.82) is 0 Å². The molecule has 0 bridgehead atoms. The molecule has 3 aromatic rings. The average Bonchev–Trinajstić information content (AvgIpc) is 3.42. The molecule has 0 heterocycles. The Hall–Kier alpha value is -2.02. The van der Waals surface area contributed by atoms with Crippen LogP contribution >= 0.6 is 11.6 Å². The van der Waals surface area contributed by atoms with Crippen LogP contribution in [0.15, 0.2) is 83.8 Å². The van der Waals surface area contributed by atoms with E-state index in [1.54, 1.807) is 24.3 Å². The molecule has 0 spiro atoms. The van der Waals surface area contributed by atoms with Crippen molar-refractivity contribution < 1.29 is 9.32 Å². The third kappa shape index (κ3) is 17.5. The maximum atomic E-state index is 11.9. The van der Waals surface area contributed by atoms with Gasteiger partial charge in [0.2, 0.25) is 0 Å². The number of aryl methyl sites for hydroxylation is 2. The monoisotopic (exact) mass is 602 g/mol. The highest BCUT2D eigenvalue weighted by Crippen LogP contribution is 2.29. The van der Waals surface area contributed by atoms with Gasteiger partial charge < -0.3 is 10.4 Å². The molecule has 1 aliphatic carbocycles. The molecule has 3 aromatic carbocycles. The number of hydrogen-bond donors (Lipinski definition) is 3. The maximum Gasteiger partial charge on any atom is 0.124 e. The lowest BCUT2D eigenvalue weighted by Crippen LogP contribution is -2.29. The number of rotatable bonds is 8. The van der Waals surface area contributed by atoms with Crippen molar-refractivity contribution in [3.63, 3.8) is 0 Å². The molecule has 4 atom stereocenters. The minimum atomic E-state index is -1.30. The molecule has 6 heteroatoms. The highest BCUT2D eigenvalue weighted by molar-refractivity contribution is 7.83. The molecule has 0 aromatic heterocycles. The van der Waals surface area contributed by atoms with E-state index in [0.29, 0.717) is 28.4 Å². The van der Waals surface area contributed by atoms with E-state index in [0.717, 1.165) is 12.8 Å². The van der Waals surface area contributed by atoms with Crippen LogP contribution in [0.3, 0.4) is 0 Å². The summed E-state index contributed by atoms with van der Waals surface area (Å²) in [6.07, 6.45) is 5.05. The van der Waals surface area contributed by atoms with Gasteiger partial charge in [-0.1, -0.05) is 126 Å². The third-order valence-electron chi connectivity index (χ3n) is 6.27. The topological polar surface area (TPSA) is 61.4 Å². The number of halogens is 1. The first-order valence-corrected chi connectivity index (χ1v) is 16.6. The first-order valence-electron chi connectivity index (χ1n) is 15.1. The number of benzene rings is 3. The summed E-state index contributed by atoms with van der Waals surface area (Å²) in [4.78, 5) is 0.662. The molecule has 230 valence electrons. The van der Waals surface area contributed by atoms with Crippen molar-refractivity contribution in [2.75, 3.05) is 13.6 Å². The summed E-state index contributed by atoms with van der Waals surface area (Å²) in [5.74, 6) is 0.478. The molecular weight excluding hydrogens is 548 g/mol. The number of aliphatic hydroxyl groups excluding tert-OH is 1. The summed E-state index contributed by atoms with van der Waals surface area (Å²) in [6, 6.07) is 26.4. The Morgan fingerprint density at radius 3 is 2.02 bits per heavy atom. The normalized spacial score (nSPS) is 15.0. The van der Waals surface area contributed by atoms with Crippen LogP contribution in [0.4, 0.5) is 0 Å². The van der Waals surface area contributed by atoms with Crippen LogP contribution in [0, 0.1) is 12.8 Å². The first kappa shape index (κ1) is 39.0. The van der Waals surface area contributed by atoms with Gasteiger partial charge in [-0.3, -0.25) is 0 Å². The van der Waals surface area contributed by atoms with Gasteiger partial charge in [-0.25, -0.2) is 8.93 Å². The fourth-order valence-corrected chi connectivity index (χ4v) is 4.94. The summed E-state index contributed by atoms with van der Waals surface area (Å²) in [5, 5.41) is 13.7. The molecule has 0 aliphatic heterocycles. The Labute approximate surface area is 258 Å². The Balaban J connectivity index is 0.000000587. The lowest BCUT2D eigenvalue weighted by atomic mass is 10.0. The van der Waals surface area contributed by atoms with Crippen molar-refractivity contribution in [3.8, 4) is 0 Å². The highest BCUT2D eigenvalue weighted by atomic mass is 35.5. The van der Waals surface area contributed by atoms with E-state index in [4.69, 9.17) is 11.6 Å². The van der Waals surface area contributed by atoms with E-state index in [1.165, 1.54) is 36.0 Å². The van der Waals surface area contributed by atoms with Crippen molar-refractivity contribution in [1.82, 2.24) is 10.0 Å². The SMILES string of the molecule is CC.CCC.CCC(C)CC(O)CNS(=O)c1ccc(Cl)cc1.CNC1CCc2ccccc21.Cc1ccccc1. The van der Waals surface area contributed by atoms with Crippen LogP contribution in [0.5, 0.6) is 0 Å².